The van der Waals surface area contributed by atoms with Crippen LogP contribution >= 0.6 is 0 Å². The third-order valence-corrected chi connectivity index (χ3v) is 5.98. The second-order valence-corrected chi connectivity index (χ2v) is 8.44. The standard InChI is InChI=1S/C27H28N4O4/c1-3-4-5-17-6-8-18(9-7-17)25(32)30-24-15-20(27(34)35-2)12-13-22(24)29-26(33)19-10-11-21-16-28-31-23(21)14-19/h6-16,22,24H,3-5H2,1-2H3,(H,28,31)(H,29,33)(H,30,32). The summed E-state index contributed by atoms with van der Waals surface area (Å²) in [6.45, 7) is 2.14. The van der Waals surface area contributed by atoms with Gasteiger partial charge in [-0.05, 0) is 54.8 Å². The molecule has 3 aromatic rings. The summed E-state index contributed by atoms with van der Waals surface area (Å²) in [4.78, 5) is 38.1. The summed E-state index contributed by atoms with van der Waals surface area (Å²) in [5.41, 5.74) is 3.18. The molecule has 1 aromatic heterocycles. The van der Waals surface area contributed by atoms with Gasteiger partial charge in [0.1, 0.15) is 0 Å². The minimum absolute atomic E-state index is 0.300. The van der Waals surface area contributed by atoms with E-state index < -0.39 is 18.1 Å². The van der Waals surface area contributed by atoms with E-state index in [2.05, 4.69) is 27.8 Å². The lowest BCUT2D eigenvalue weighted by Crippen LogP contribution is -2.51. The number of aromatic nitrogens is 2. The maximum atomic E-state index is 13.0. The molecule has 2 aromatic carbocycles. The molecular weight excluding hydrogens is 444 g/mol. The summed E-state index contributed by atoms with van der Waals surface area (Å²) in [7, 11) is 1.30. The molecule has 0 aliphatic heterocycles. The van der Waals surface area contributed by atoms with Crippen LogP contribution in [0.5, 0.6) is 0 Å². The van der Waals surface area contributed by atoms with Crippen LogP contribution in [-0.2, 0) is 16.0 Å². The summed E-state index contributed by atoms with van der Waals surface area (Å²) in [6.07, 6.45) is 9.71. The van der Waals surface area contributed by atoms with E-state index in [4.69, 9.17) is 4.74 Å². The molecule has 2 unspecified atom stereocenters. The Morgan fingerprint density at radius 1 is 1.00 bits per heavy atom. The molecular formula is C27H28N4O4. The van der Waals surface area contributed by atoms with Gasteiger partial charge in [-0.2, -0.15) is 5.10 Å². The molecule has 2 amide bonds. The topological polar surface area (TPSA) is 113 Å². The highest BCUT2D eigenvalue weighted by atomic mass is 16.5. The zero-order chi connectivity index (χ0) is 24.8. The highest BCUT2D eigenvalue weighted by Gasteiger charge is 2.27. The monoisotopic (exact) mass is 472 g/mol. The van der Waals surface area contributed by atoms with E-state index in [9.17, 15) is 14.4 Å². The van der Waals surface area contributed by atoms with E-state index in [1.165, 1.54) is 12.7 Å². The van der Waals surface area contributed by atoms with E-state index >= 15 is 0 Å². The SMILES string of the molecule is CCCCc1ccc(C(=O)NC2C=C(C(=O)OC)C=CC2NC(=O)c2ccc3cn[nH]c3c2)cc1. The number of ether oxygens (including phenoxy) is 1. The molecule has 0 saturated carbocycles. The van der Waals surface area contributed by atoms with E-state index in [0.717, 1.165) is 30.2 Å². The van der Waals surface area contributed by atoms with Gasteiger partial charge >= 0.3 is 5.97 Å². The summed E-state index contributed by atoms with van der Waals surface area (Å²) in [5.74, 6) is -1.13. The lowest BCUT2D eigenvalue weighted by molar-refractivity contribution is -0.135. The quantitative estimate of drug-likeness (QED) is 0.435. The van der Waals surface area contributed by atoms with Gasteiger partial charge in [0.2, 0.25) is 0 Å². The van der Waals surface area contributed by atoms with Gasteiger partial charge in [-0.15, -0.1) is 0 Å². The lowest BCUT2D eigenvalue weighted by Gasteiger charge is -2.27. The Morgan fingerprint density at radius 3 is 2.46 bits per heavy atom. The summed E-state index contributed by atoms with van der Waals surface area (Å²) >= 11 is 0. The number of aryl methyl sites for hydroxylation is 1. The first kappa shape index (κ1) is 23.9. The van der Waals surface area contributed by atoms with Crippen LogP contribution in [0.1, 0.15) is 46.0 Å². The molecule has 0 radical (unpaired) electrons. The highest BCUT2D eigenvalue weighted by Crippen LogP contribution is 2.17. The Morgan fingerprint density at radius 2 is 1.71 bits per heavy atom. The van der Waals surface area contributed by atoms with Crippen LogP contribution in [0.4, 0.5) is 0 Å². The van der Waals surface area contributed by atoms with Crippen LogP contribution in [0.25, 0.3) is 10.9 Å². The third kappa shape index (κ3) is 5.66. The average Bonchev–Trinajstić information content (AvgIpc) is 3.36. The van der Waals surface area contributed by atoms with Crippen molar-refractivity contribution < 1.29 is 19.1 Å². The predicted molar refractivity (Wildman–Crippen MR) is 133 cm³/mol. The summed E-state index contributed by atoms with van der Waals surface area (Å²) < 4.78 is 4.82. The largest absolute Gasteiger partial charge is 0.465 e. The van der Waals surface area contributed by atoms with Crippen LogP contribution in [0.15, 0.2) is 72.5 Å². The summed E-state index contributed by atoms with van der Waals surface area (Å²) in [5, 5.41) is 13.6. The second kappa shape index (κ2) is 10.8. The zero-order valence-electron chi connectivity index (χ0n) is 19.7. The van der Waals surface area contributed by atoms with Crippen molar-refractivity contribution >= 4 is 28.7 Å². The number of carbonyl (C=O) groups is 3. The Bertz CT molecular complexity index is 1290. The number of benzene rings is 2. The normalized spacial score (nSPS) is 17.0. The first-order chi connectivity index (χ1) is 17.0. The fourth-order valence-electron chi connectivity index (χ4n) is 3.95. The minimum Gasteiger partial charge on any atom is -0.465 e. The smallest absolute Gasteiger partial charge is 0.337 e. The van der Waals surface area contributed by atoms with Crippen molar-refractivity contribution in [3.8, 4) is 0 Å². The number of carbonyl (C=O) groups excluding carboxylic acids is 3. The first-order valence-corrected chi connectivity index (χ1v) is 11.6. The maximum Gasteiger partial charge on any atom is 0.337 e. The average molecular weight is 473 g/mol. The minimum atomic E-state index is -0.652. The second-order valence-electron chi connectivity index (χ2n) is 8.44. The van der Waals surface area contributed by atoms with Crippen molar-refractivity contribution in [1.29, 1.82) is 0 Å². The van der Waals surface area contributed by atoms with E-state index in [-0.39, 0.29) is 11.8 Å². The first-order valence-electron chi connectivity index (χ1n) is 11.6. The number of nitrogens with zero attached hydrogens (tertiary/aromatic N) is 1. The van der Waals surface area contributed by atoms with Crippen LogP contribution in [0.3, 0.4) is 0 Å². The molecule has 3 N–H and O–H groups in total. The van der Waals surface area contributed by atoms with Crippen molar-refractivity contribution in [1.82, 2.24) is 20.8 Å². The van der Waals surface area contributed by atoms with E-state index in [0.29, 0.717) is 16.7 Å². The number of H-pyrrole nitrogens is 1. The fourth-order valence-corrected chi connectivity index (χ4v) is 3.95. The molecule has 1 aliphatic carbocycles. The van der Waals surface area contributed by atoms with Gasteiger partial charge in [0.05, 0.1) is 36.5 Å². The van der Waals surface area contributed by atoms with Crippen molar-refractivity contribution in [3.05, 3.63) is 89.2 Å². The highest BCUT2D eigenvalue weighted by molar-refractivity contribution is 5.99. The molecule has 0 fully saturated rings. The number of amides is 2. The molecule has 0 bridgehead atoms. The number of esters is 1. The van der Waals surface area contributed by atoms with Crippen molar-refractivity contribution in [2.45, 2.75) is 38.3 Å². The van der Waals surface area contributed by atoms with Crippen LogP contribution in [0, 0.1) is 0 Å². The third-order valence-electron chi connectivity index (χ3n) is 5.98. The van der Waals surface area contributed by atoms with Gasteiger partial charge < -0.3 is 15.4 Å². The molecule has 180 valence electrons. The van der Waals surface area contributed by atoms with Crippen molar-refractivity contribution in [2.24, 2.45) is 0 Å². The van der Waals surface area contributed by atoms with Gasteiger partial charge in [0.25, 0.3) is 11.8 Å². The predicted octanol–water partition coefficient (Wildman–Crippen LogP) is 3.47. The number of nitrogens with one attached hydrogen (secondary N) is 3. The molecule has 1 aliphatic rings. The molecule has 0 spiro atoms. The number of aromatic amines is 1. The molecule has 2 atom stereocenters. The Kier molecular flexibility index (Phi) is 7.40. The lowest BCUT2D eigenvalue weighted by atomic mass is 9.96. The Hall–Kier alpha value is -4.20. The number of methoxy groups -OCH3 is 1. The molecule has 0 saturated heterocycles. The van der Waals surface area contributed by atoms with Gasteiger partial charge in [-0.1, -0.05) is 37.6 Å². The number of fused-ring (bicyclic) bond motifs is 1. The molecule has 4 rings (SSSR count). The number of rotatable bonds is 8. The molecule has 1 heterocycles. The number of hydrogen-bond acceptors (Lipinski definition) is 5. The van der Waals surface area contributed by atoms with Gasteiger partial charge in [-0.25, -0.2) is 4.79 Å². The van der Waals surface area contributed by atoms with Crippen LogP contribution in [-0.4, -0.2) is 47.2 Å². The Labute approximate surface area is 203 Å². The number of unbranched alkanes of at least 4 members (excludes halogenated alkanes) is 1. The van der Waals surface area contributed by atoms with Gasteiger partial charge in [-0.3, -0.25) is 14.7 Å². The van der Waals surface area contributed by atoms with Crippen LogP contribution < -0.4 is 10.6 Å². The molecule has 35 heavy (non-hydrogen) atoms. The van der Waals surface area contributed by atoms with E-state index in [1.807, 2.05) is 18.2 Å². The molecule has 8 nitrogen and oxygen atoms in total. The van der Waals surface area contributed by atoms with Crippen molar-refractivity contribution in [3.63, 3.8) is 0 Å². The fraction of sp³-hybridized carbons (Fsp3) is 0.259. The van der Waals surface area contributed by atoms with Crippen molar-refractivity contribution in [2.75, 3.05) is 7.11 Å². The van der Waals surface area contributed by atoms with Gasteiger partial charge in [0.15, 0.2) is 0 Å². The zero-order valence-corrected chi connectivity index (χ0v) is 19.7. The number of hydrogen-bond donors (Lipinski definition) is 3. The van der Waals surface area contributed by atoms with E-state index in [1.54, 1.807) is 48.7 Å². The van der Waals surface area contributed by atoms with Crippen LogP contribution in [0.2, 0.25) is 0 Å². The molecule has 8 heteroatoms. The Balaban J connectivity index is 1.51. The maximum absolute atomic E-state index is 13.0. The summed E-state index contributed by atoms with van der Waals surface area (Å²) in [6, 6.07) is 11.5. The van der Waals surface area contributed by atoms with Gasteiger partial charge in [0, 0.05) is 16.5 Å².